The molecular formula is C25H31ClN6OS. The van der Waals surface area contributed by atoms with Crippen LogP contribution in [0.5, 0.6) is 0 Å². The van der Waals surface area contributed by atoms with Gasteiger partial charge in [-0.05, 0) is 41.3 Å². The second-order valence-corrected chi connectivity index (χ2v) is 9.95. The summed E-state index contributed by atoms with van der Waals surface area (Å²) in [4.78, 5) is 21.6. The summed E-state index contributed by atoms with van der Waals surface area (Å²) in [5.41, 5.74) is 3.22. The van der Waals surface area contributed by atoms with E-state index >= 15 is 0 Å². The van der Waals surface area contributed by atoms with Crippen molar-refractivity contribution in [3.63, 3.8) is 0 Å². The molecule has 2 heterocycles. The molecule has 34 heavy (non-hydrogen) atoms. The lowest BCUT2D eigenvalue weighted by molar-refractivity contribution is 0.240. The largest absolute Gasteiger partial charge is 0.344 e. The van der Waals surface area contributed by atoms with Gasteiger partial charge in [-0.2, -0.15) is 4.37 Å². The molecule has 0 atom stereocenters. The van der Waals surface area contributed by atoms with Crippen molar-refractivity contribution in [2.24, 2.45) is 0 Å². The second kappa shape index (κ2) is 11.6. The van der Waals surface area contributed by atoms with Crippen molar-refractivity contribution in [3.05, 3.63) is 70.5 Å². The molecule has 1 aliphatic rings. The molecule has 180 valence electrons. The fourth-order valence-electron chi connectivity index (χ4n) is 3.85. The van der Waals surface area contributed by atoms with E-state index < -0.39 is 0 Å². The lowest BCUT2D eigenvalue weighted by atomic mass is 10.0. The number of rotatable bonds is 8. The highest BCUT2D eigenvalue weighted by atomic mass is 35.5. The first kappa shape index (κ1) is 24.4. The van der Waals surface area contributed by atoms with E-state index in [1.54, 1.807) is 0 Å². The van der Waals surface area contributed by atoms with Gasteiger partial charge in [0.25, 0.3) is 0 Å². The Bertz CT molecular complexity index is 1060. The van der Waals surface area contributed by atoms with Crippen molar-refractivity contribution in [2.45, 2.75) is 26.2 Å². The van der Waals surface area contributed by atoms with Crippen molar-refractivity contribution in [1.29, 1.82) is 0 Å². The predicted molar refractivity (Wildman–Crippen MR) is 140 cm³/mol. The number of anilines is 2. The van der Waals surface area contributed by atoms with Crippen LogP contribution < -0.4 is 15.5 Å². The van der Waals surface area contributed by atoms with E-state index in [1.807, 2.05) is 36.4 Å². The van der Waals surface area contributed by atoms with Gasteiger partial charge >= 0.3 is 6.03 Å². The molecule has 2 aromatic carbocycles. The third kappa shape index (κ3) is 6.91. The summed E-state index contributed by atoms with van der Waals surface area (Å²) in [6.45, 7) is 9.43. The number of halogens is 1. The zero-order valence-electron chi connectivity index (χ0n) is 19.6. The van der Waals surface area contributed by atoms with Gasteiger partial charge in [-0.25, -0.2) is 9.78 Å². The maximum Gasteiger partial charge on any atom is 0.319 e. The van der Waals surface area contributed by atoms with Gasteiger partial charge < -0.3 is 15.5 Å². The molecule has 1 aromatic heterocycles. The number of benzene rings is 2. The molecule has 0 saturated carbocycles. The van der Waals surface area contributed by atoms with E-state index in [1.165, 1.54) is 17.1 Å². The third-order valence-corrected chi connectivity index (χ3v) is 6.99. The molecular weight excluding hydrogens is 468 g/mol. The number of nitrogens with zero attached hydrogens (tertiary/aromatic N) is 4. The molecule has 0 unspecified atom stereocenters. The fourth-order valence-corrected chi connectivity index (χ4v) is 4.71. The molecule has 4 rings (SSSR count). The number of hydrogen-bond donors (Lipinski definition) is 2. The smallest absolute Gasteiger partial charge is 0.319 e. The molecule has 1 saturated heterocycles. The van der Waals surface area contributed by atoms with E-state index in [0.29, 0.717) is 18.9 Å². The molecule has 3 aromatic rings. The first-order valence-electron chi connectivity index (χ1n) is 11.7. The molecule has 7 nitrogen and oxygen atoms in total. The monoisotopic (exact) mass is 498 g/mol. The number of piperazine rings is 1. The third-order valence-electron chi connectivity index (χ3n) is 5.92. The van der Waals surface area contributed by atoms with Crippen LogP contribution in [0.3, 0.4) is 0 Å². The SMILES string of the molecule is CC(C)c1ccc(NC(=O)NCCN2CCN(c3nc(Cc4ccc(Cl)cc4)ns3)CC2)cc1. The lowest BCUT2D eigenvalue weighted by Gasteiger charge is -2.34. The molecule has 0 aliphatic carbocycles. The maximum absolute atomic E-state index is 12.2. The summed E-state index contributed by atoms with van der Waals surface area (Å²) < 4.78 is 4.53. The van der Waals surface area contributed by atoms with Crippen molar-refractivity contribution in [2.75, 3.05) is 49.5 Å². The van der Waals surface area contributed by atoms with Gasteiger partial charge in [0.1, 0.15) is 5.82 Å². The van der Waals surface area contributed by atoms with Gasteiger partial charge in [-0.3, -0.25) is 4.90 Å². The van der Waals surface area contributed by atoms with E-state index in [-0.39, 0.29) is 6.03 Å². The first-order valence-corrected chi connectivity index (χ1v) is 12.8. The number of carbonyl (C=O) groups excluding carboxylic acids is 1. The van der Waals surface area contributed by atoms with Crippen LogP contribution in [-0.2, 0) is 6.42 Å². The standard InChI is InChI=1S/C25H31ClN6OS/c1-18(2)20-5-9-22(10-6-20)28-24(33)27-11-12-31-13-15-32(16-14-31)25-29-23(30-34-25)17-19-3-7-21(26)8-4-19/h3-10,18H,11-17H2,1-2H3,(H2,27,28,33). The van der Waals surface area contributed by atoms with Crippen LogP contribution in [0.15, 0.2) is 48.5 Å². The summed E-state index contributed by atoms with van der Waals surface area (Å²) >= 11 is 7.42. The van der Waals surface area contributed by atoms with Gasteiger partial charge in [-0.15, -0.1) is 0 Å². The zero-order chi connectivity index (χ0) is 23.9. The second-order valence-electron chi connectivity index (χ2n) is 8.78. The highest BCUT2D eigenvalue weighted by molar-refractivity contribution is 7.09. The van der Waals surface area contributed by atoms with Crippen LogP contribution in [0, 0.1) is 0 Å². The molecule has 2 N–H and O–H groups in total. The summed E-state index contributed by atoms with van der Waals surface area (Å²) in [5.74, 6) is 1.32. The van der Waals surface area contributed by atoms with Gasteiger partial charge in [-0.1, -0.05) is 49.7 Å². The molecule has 9 heteroatoms. The van der Waals surface area contributed by atoms with E-state index in [0.717, 1.165) is 60.0 Å². The average molecular weight is 499 g/mol. The average Bonchev–Trinajstić information content (AvgIpc) is 3.30. The maximum atomic E-state index is 12.2. The van der Waals surface area contributed by atoms with Crippen LogP contribution in [0.1, 0.15) is 36.7 Å². The number of amides is 2. The van der Waals surface area contributed by atoms with Crippen molar-refractivity contribution < 1.29 is 4.79 Å². The molecule has 0 spiro atoms. The van der Waals surface area contributed by atoms with Gasteiger partial charge in [0.2, 0.25) is 5.13 Å². The number of nitrogens with one attached hydrogen (secondary N) is 2. The Morgan fingerprint density at radius 2 is 1.76 bits per heavy atom. The molecule has 1 aliphatic heterocycles. The van der Waals surface area contributed by atoms with Crippen LogP contribution in [0.2, 0.25) is 5.02 Å². The van der Waals surface area contributed by atoms with Gasteiger partial charge in [0.15, 0.2) is 0 Å². The Labute approximate surface area is 210 Å². The van der Waals surface area contributed by atoms with E-state index in [9.17, 15) is 4.79 Å². The highest BCUT2D eigenvalue weighted by Crippen LogP contribution is 2.21. The zero-order valence-corrected chi connectivity index (χ0v) is 21.2. The molecule has 2 amide bonds. The Morgan fingerprint density at radius 1 is 1.06 bits per heavy atom. The Balaban J connectivity index is 1.15. The highest BCUT2D eigenvalue weighted by Gasteiger charge is 2.20. The lowest BCUT2D eigenvalue weighted by Crippen LogP contribution is -2.48. The molecule has 0 bridgehead atoms. The number of hydrogen-bond acceptors (Lipinski definition) is 6. The summed E-state index contributed by atoms with van der Waals surface area (Å²) in [7, 11) is 0. The van der Waals surface area contributed by atoms with Crippen LogP contribution in [-0.4, -0.2) is 59.6 Å². The minimum Gasteiger partial charge on any atom is -0.344 e. The summed E-state index contributed by atoms with van der Waals surface area (Å²) in [6, 6.07) is 15.6. The van der Waals surface area contributed by atoms with Gasteiger partial charge in [0.05, 0.1) is 0 Å². The molecule has 0 radical (unpaired) electrons. The Morgan fingerprint density at radius 3 is 2.44 bits per heavy atom. The van der Waals surface area contributed by atoms with Crippen molar-refractivity contribution in [1.82, 2.24) is 19.6 Å². The quantitative estimate of drug-likeness (QED) is 0.464. The number of urea groups is 1. The predicted octanol–water partition coefficient (Wildman–Crippen LogP) is 4.85. The van der Waals surface area contributed by atoms with E-state index in [2.05, 4.69) is 50.8 Å². The van der Waals surface area contributed by atoms with E-state index in [4.69, 9.17) is 16.6 Å². The fraction of sp³-hybridized carbons (Fsp3) is 0.400. The summed E-state index contributed by atoms with van der Waals surface area (Å²) in [6.07, 6.45) is 0.712. The van der Waals surface area contributed by atoms with Crippen molar-refractivity contribution >= 4 is 40.0 Å². The van der Waals surface area contributed by atoms with Gasteiger partial charge in [0, 0.05) is 67.9 Å². The van der Waals surface area contributed by atoms with Crippen molar-refractivity contribution in [3.8, 4) is 0 Å². The minimum absolute atomic E-state index is 0.169. The van der Waals surface area contributed by atoms with Crippen LogP contribution >= 0.6 is 23.1 Å². The first-order chi connectivity index (χ1) is 16.5. The van der Waals surface area contributed by atoms with Crippen LogP contribution in [0.4, 0.5) is 15.6 Å². The summed E-state index contributed by atoms with van der Waals surface area (Å²) in [5, 5.41) is 7.57. The van der Waals surface area contributed by atoms with Crippen LogP contribution in [0.25, 0.3) is 0 Å². The molecule has 1 fully saturated rings. The minimum atomic E-state index is -0.169. The number of aromatic nitrogens is 2. The topological polar surface area (TPSA) is 73.4 Å². The Hall–Kier alpha value is -2.68. The Kier molecular flexibility index (Phi) is 8.37. The number of carbonyl (C=O) groups is 1. The normalized spacial score (nSPS) is 14.4.